The average Bonchev–Trinajstić information content (AvgIpc) is 2.34. The summed E-state index contributed by atoms with van der Waals surface area (Å²) in [5, 5.41) is 0. The minimum Gasteiger partial charge on any atom is -0.345 e. The molecule has 0 N–H and O–H groups in total. The van der Waals surface area contributed by atoms with Crippen molar-refractivity contribution in [3.8, 4) is 0 Å². The van der Waals surface area contributed by atoms with Crippen molar-refractivity contribution >= 4 is 15.7 Å². The minimum atomic E-state index is -3.14. The van der Waals surface area contributed by atoms with Gasteiger partial charge in [0.25, 0.3) is 0 Å². The number of carbonyl (C=O) groups is 1. The fourth-order valence-corrected chi connectivity index (χ4v) is 2.46. The molecule has 0 spiro atoms. The first-order valence-electron chi connectivity index (χ1n) is 6.47. The number of amides is 1. The highest BCUT2D eigenvalue weighted by atomic mass is 32.2. The number of hydrogen-bond acceptors (Lipinski definition) is 3. The molecule has 4 nitrogen and oxygen atoms in total. The van der Waals surface area contributed by atoms with Crippen molar-refractivity contribution in [2.24, 2.45) is 0 Å². The van der Waals surface area contributed by atoms with Gasteiger partial charge in [0.2, 0.25) is 5.91 Å². The van der Waals surface area contributed by atoms with Crippen molar-refractivity contribution in [1.29, 1.82) is 0 Å². The van der Waals surface area contributed by atoms with E-state index in [1.165, 1.54) is 18.0 Å². The second kappa shape index (κ2) is 6.98. The second-order valence-corrected chi connectivity index (χ2v) is 7.48. The molecule has 0 saturated carbocycles. The monoisotopic (exact) mass is 319 g/mol. The van der Waals surface area contributed by atoms with Crippen LogP contribution in [0.25, 0.3) is 0 Å². The van der Waals surface area contributed by atoms with E-state index < -0.39 is 27.4 Å². The van der Waals surface area contributed by atoms with E-state index in [9.17, 15) is 22.0 Å². The van der Waals surface area contributed by atoms with Crippen molar-refractivity contribution in [2.45, 2.75) is 19.3 Å². The van der Waals surface area contributed by atoms with E-state index in [-0.39, 0.29) is 30.2 Å². The lowest BCUT2D eigenvalue weighted by Crippen LogP contribution is -2.32. The molecule has 21 heavy (non-hydrogen) atoms. The molecular formula is C14H19F2NO3S. The Morgan fingerprint density at radius 3 is 2.48 bits per heavy atom. The third-order valence-corrected chi connectivity index (χ3v) is 4.12. The number of carbonyl (C=O) groups excluding carboxylic acids is 1. The van der Waals surface area contributed by atoms with Crippen LogP contribution in [0, 0.1) is 11.6 Å². The van der Waals surface area contributed by atoms with Crippen LogP contribution in [0.3, 0.4) is 0 Å². The Balaban J connectivity index is 2.65. The molecule has 1 rings (SSSR count). The molecule has 0 unspecified atom stereocenters. The topological polar surface area (TPSA) is 54.5 Å². The van der Waals surface area contributed by atoms with Crippen LogP contribution in [0.1, 0.15) is 24.8 Å². The summed E-state index contributed by atoms with van der Waals surface area (Å²) in [7, 11) is -1.64. The fourth-order valence-electron chi connectivity index (χ4n) is 1.86. The van der Waals surface area contributed by atoms with Crippen molar-refractivity contribution in [3.05, 3.63) is 35.4 Å². The van der Waals surface area contributed by atoms with Gasteiger partial charge in [-0.1, -0.05) is 13.0 Å². The first-order valence-corrected chi connectivity index (χ1v) is 8.53. The Hall–Kier alpha value is -1.50. The maximum atomic E-state index is 13.6. The number of nitrogens with zero attached hydrogens (tertiary/aromatic N) is 1. The van der Waals surface area contributed by atoms with E-state index in [4.69, 9.17) is 0 Å². The molecule has 1 aromatic rings. The first kappa shape index (κ1) is 17.6. The van der Waals surface area contributed by atoms with Crippen molar-refractivity contribution in [2.75, 3.05) is 25.6 Å². The van der Waals surface area contributed by atoms with Crippen LogP contribution < -0.4 is 0 Å². The van der Waals surface area contributed by atoms with Crippen LogP contribution in [0.4, 0.5) is 8.78 Å². The lowest BCUT2D eigenvalue weighted by molar-refractivity contribution is -0.130. The molecular weight excluding hydrogens is 300 g/mol. The van der Waals surface area contributed by atoms with E-state index in [1.54, 1.807) is 6.92 Å². The Labute approximate surface area is 123 Å². The molecule has 1 amide bonds. The Morgan fingerprint density at radius 1 is 1.33 bits per heavy atom. The molecule has 0 saturated heterocycles. The molecule has 0 fully saturated rings. The summed E-state index contributed by atoms with van der Waals surface area (Å²) in [6.07, 6.45) is 1.13. The lowest BCUT2D eigenvalue weighted by Gasteiger charge is -2.19. The lowest BCUT2D eigenvalue weighted by atomic mass is 9.96. The summed E-state index contributed by atoms with van der Waals surface area (Å²) in [5.74, 6) is -2.17. The zero-order chi connectivity index (χ0) is 16.2. The number of benzene rings is 1. The highest BCUT2D eigenvalue weighted by molar-refractivity contribution is 7.90. The highest BCUT2D eigenvalue weighted by Gasteiger charge is 2.18. The molecule has 0 aromatic heterocycles. The standard InChI is InChI=1S/C14H19F2NO3S/c1-10(12-5-4-11(15)9-13(12)16)8-14(18)17(2)6-7-21(3,19)20/h4-5,9-10H,6-8H2,1-3H3/t10-/m0/s1. The number of hydrogen-bond donors (Lipinski definition) is 0. The van der Waals surface area contributed by atoms with Crippen LogP contribution in [-0.4, -0.2) is 44.8 Å². The molecule has 118 valence electrons. The molecule has 1 aromatic carbocycles. The van der Waals surface area contributed by atoms with E-state index in [2.05, 4.69) is 0 Å². The van der Waals surface area contributed by atoms with Gasteiger partial charge in [-0.05, 0) is 17.5 Å². The van der Waals surface area contributed by atoms with Crippen molar-refractivity contribution < 1.29 is 22.0 Å². The van der Waals surface area contributed by atoms with Gasteiger partial charge in [0.15, 0.2) is 0 Å². The van der Waals surface area contributed by atoms with Gasteiger partial charge in [0.05, 0.1) is 5.75 Å². The van der Waals surface area contributed by atoms with Crippen molar-refractivity contribution in [3.63, 3.8) is 0 Å². The second-order valence-electron chi connectivity index (χ2n) is 5.22. The quantitative estimate of drug-likeness (QED) is 0.805. The average molecular weight is 319 g/mol. The Bertz CT molecular complexity index is 617. The normalized spacial score (nSPS) is 13.0. The highest BCUT2D eigenvalue weighted by Crippen LogP contribution is 2.23. The maximum Gasteiger partial charge on any atom is 0.222 e. The molecule has 0 radical (unpaired) electrons. The molecule has 0 aliphatic carbocycles. The SMILES string of the molecule is C[C@@H](CC(=O)N(C)CCS(C)(=O)=O)c1ccc(F)cc1F. The smallest absolute Gasteiger partial charge is 0.222 e. The molecule has 7 heteroatoms. The maximum absolute atomic E-state index is 13.6. The number of rotatable bonds is 6. The van der Waals surface area contributed by atoms with E-state index >= 15 is 0 Å². The van der Waals surface area contributed by atoms with Gasteiger partial charge in [-0.25, -0.2) is 17.2 Å². The summed E-state index contributed by atoms with van der Waals surface area (Å²) >= 11 is 0. The van der Waals surface area contributed by atoms with E-state index in [1.807, 2.05) is 0 Å². The third kappa shape index (κ3) is 5.79. The van der Waals surface area contributed by atoms with Crippen LogP contribution in [0.5, 0.6) is 0 Å². The molecule has 0 aliphatic heterocycles. The fraction of sp³-hybridized carbons (Fsp3) is 0.500. The molecule has 0 bridgehead atoms. The van der Waals surface area contributed by atoms with Gasteiger partial charge in [-0.3, -0.25) is 4.79 Å². The largest absolute Gasteiger partial charge is 0.345 e. The summed E-state index contributed by atoms with van der Waals surface area (Å²) in [6.45, 7) is 1.76. The predicted molar refractivity (Wildman–Crippen MR) is 76.7 cm³/mol. The minimum absolute atomic E-state index is 0.0306. The van der Waals surface area contributed by atoms with E-state index in [0.717, 1.165) is 18.4 Å². The number of halogens is 2. The van der Waals surface area contributed by atoms with E-state index in [0.29, 0.717) is 0 Å². The van der Waals surface area contributed by atoms with Gasteiger partial charge in [0.1, 0.15) is 21.5 Å². The first-order chi connectivity index (χ1) is 9.60. The zero-order valence-corrected chi connectivity index (χ0v) is 13.1. The summed E-state index contributed by atoms with van der Waals surface area (Å²) in [5.41, 5.74) is 0.265. The van der Waals surface area contributed by atoms with Crippen LogP contribution >= 0.6 is 0 Å². The summed E-state index contributed by atoms with van der Waals surface area (Å²) in [4.78, 5) is 13.3. The van der Waals surface area contributed by atoms with Crippen LogP contribution in [0.2, 0.25) is 0 Å². The molecule has 0 aliphatic rings. The van der Waals surface area contributed by atoms with Gasteiger partial charge < -0.3 is 4.90 Å². The Morgan fingerprint density at radius 2 is 1.95 bits per heavy atom. The number of sulfone groups is 1. The van der Waals surface area contributed by atoms with Crippen LogP contribution in [-0.2, 0) is 14.6 Å². The van der Waals surface area contributed by atoms with Gasteiger partial charge in [-0.15, -0.1) is 0 Å². The summed E-state index contributed by atoms with van der Waals surface area (Å²) in [6, 6.07) is 3.25. The van der Waals surface area contributed by atoms with Gasteiger partial charge in [-0.2, -0.15) is 0 Å². The molecule has 1 atom stereocenters. The zero-order valence-electron chi connectivity index (χ0n) is 12.3. The molecule has 0 heterocycles. The van der Waals surface area contributed by atoms with Gasteiger partial charge >= 0.3 is 0 Å². The Kier molecular flexibility index (Phi) is 5.83. The summed E-state index contributed by atoms with van der Waals surface area (Å²) < 4.78 is 48.6. The van der Waals surface area contributed by atoms with Crippen molar-refractivity contribution in [1.82, 2.24) is 4.90 Å². The van der Waals surface area contributed by atoms with Gasteiger partial charge in [0, 0.05) is 32.3 Å². The predicted octanol–water partition coefficient (Wildman–Crippen LogP) is 1.96. The third-order valence-electron chi connectivity index (χ3n) is 3.20. The van der Waals surface area contributed by atoms with Crippen LogP contribution in [0.15, 0.2) is 18.2 Å².